The minimum Gasteiger partial charge on any atom is -0.396 e. The molecule has 2 aromatic carbocycles. The molecule has 0 atom stereocenters. The molecule has 0 spiro atoms. The molecule has 5 heteroatoms. The van der Waals surface area contributed by atoms with E-state index in [1.165, 1.54) is 30.3 Å². The summed E-state index contributed by atoms with van der Waals surface area (Å²) in [5.41, 5.74) is 4.48. The molecule has 0 bridgehead atoms. The third kappa shape index (κ3) is 2.30. The molecule has 2 N–H and O–H groups in total. The van der Waals surface area contributed by atoms with Crippen molar-refractivity contribution in [2.75, 3.05) is 5.73 Å². The quantitative estimate of drug-likeness (QED) is 0.602. The van der Waals surface area contributed by atoms with Crippen molar-refractivity contribution in [3.8, 4) is 11.1 Å². The summed E-state index contributed by atoms with van der Waals surface area (Å²) in [7, 11) is 0. The highest BCUT2D eigenvalue weighted by atomic mass is 19.4. The number of hydrogen-bond donors (Lipinski definition) is 1. The maximum Gasteiger partial charge on any atom is 0.417 e. The molecular weight excluding hydrogens is 246 g/mol. The van der Waals surface area contributed by atoms with Gasteiger partial charge >= 0.3 is 6.18 Å². The molecule has 94 valence electrons. The highest BCUT2D eigenvalue weighted by Gasteiger charge is 2.33. The third-order valence-corrected chi connectivity index (χ3v) is 2.54. The molecule has 0 saturated carbocycles. The van der Waals surface area contributed by atoms with Gasteiger partial charge in [-0.25, -0.2) is 4.39 Å². The van der Waals surface area contributed by atoms with E-state index in [0.29, 0.717) is 0 Å². The zero-order valence-corrected chi connectivity index (χ0v) is 9.13. The zero-order chi connectivity index (χ0) is 13.3. The number of alkyl halides is 3. The van der Waals surface area contributed by atoms with Crippen LogP contribution in [0.25, 0.3) is 11.1 Å². The van der Waals surface area contributed by atoms with E-state index in [1.54, 1.807) is 0 Å². The van der Waals surface area contributed by atoms with Gasteiger partial charge in [-0.05, 0) is 29.3 Å². The Hall–Kier alpha value is -2.04. The Bertz CT molecular complexity index is 575. The van der Waals surface area contributed by atoms with Gasteiger partial charge in [-0.2, -0.15) is 13.2 Å². The summed E-state index contributed by atoms with van der Waals surface area (Å²) >= 11 is 0. The largest absolute Gasteiger partial charge is 0.417 e. The average Bonchev–Trinajstić information content (AvgIpc) is 2.32. The summed E-state index contributed by atoms with van der Waals surface area (Å²) in [5, 5.41) is 0. The van der Waals surface area contributed by atoms with Gasteiger partial charge in [-0.15, -0.1) is 0 Å². The van der Waals surface area contributed by atoms with Gasteiger partial charge in [0.1, 0.15) is 5.82 Å². The fourth-order valence-corrected chi connectivity index (χ4v) is 1.68. The van der Waals surface area contributed by atoms with Gasteiger partial charge in [-0.3, -0.25) is 0 Å². The Balaban J connectivity index is 2.61. The van der Waals surface area contributed by atoms with E-state index in [2.05, 4.69) is 0 Å². The Labute approximate surface area is 101 Å². The highest BCUT2D eigenvalue weighted by molar-refractivity contribution is 5.69. The first kappa shape index (κ1) is 12.4. The lowest BCUT2D eigenvalue weighted by Gasteiger charge is -2.13. The minimum atomic E-state index is -4.48. The first-order chi connectivity index (χ1) is 8.39. The first-order valence-corrected chi connectivity index (χ1v) is 5.11. The fourth-order valence-electron chi connectivity index (χ4n) is 1.68. The van der Waals surface area contributed by atoms with Crippen LogP contribution in [-0.2, 0) is 6.18 Å². The van der Waals surface area contributed by atoms with Crippen molar-refractivity contribution in [1.29, 1.82) is 0 Å². The lowest BCUT2D eigenvalue weighted by molar-refractivity contribution is -0.137. The molecule has 0 amide bonds. The molecule has 0 saturated heterocycles. The molecule has 0 heterocycles. The van der Waals surface area contributed by atoms with Crippen LogP contribution in [0.5, 0.6) is 0 Å². The van der Waals surface area contributed by atoms with Crippen molar-refractivity contribution >= 4 is 5.69 Å². The van der Waals surface area contributed by atoms with Crippen molar-refractivity contribution in [1.82, 2.24) is 0 Å². The van der Waals surface area contributed by atoms with Gasteiger partial charge < -0.3 is 5.73 Å². The number of hydrogen-bond acceptors (Lipinski definition) is 1. The molecule has 18 heavy (non-hydrogen) atoms. The van der Waals surface area contributed by atoms with E-state index in [4.69, 9.17) is 5.73 Å². The van der Waals surface area contributed by atoms with Crippen LogP contribution < -0.4 is 5.73 Å². The van der Waals surface area contributed by atoms with E-state index in [0.717, 1.165) is 12.1 Å². The minimum absolute atomic E-state index is 0.0658. The predicted molar refractivity (Wildman–Crippen MR) is 61.3 cm³/mol. The van der Waals surface area contributed by atoms with Gasteiger partial charge in [0, 0.05) is 0 Å². The molecule has 0 aliphatic carbocycles. The fraction of sp³-hybridized carbons (Fsp3) is 0.0769. The first-order valence-electron chi connectivity index (χ1n) is 5.11. The van der Waals surface area contributed by atoms with Crippen molar-refractivity contribution in [2.45, 2.75) is 6.18 Å². The average molecular weight is 255 g/mol. The standard InChI is InChI=1S/C13H9F4N/c14-11-7-8(5-6-12(11)18)9-3-1-2-4-10(9)13(15,16)17/h1-7H,18H2. The van der Waals surface area contributed by atoms with Crippen molar-refractivity contribution in [2.24, 2.45) is 0 Å². The van der Waals surface area contributed by atoms with Gasteiger partial charge in [0.15, 0.2) is 0 Å². The zero-order valence-electron chi connectivity index (χ0n) is 9.13. The Morgan fingerprint density at radius 2 is 1.61 bits per heavy atom. The maximum absolute atomic E-state index is 13.3. The van der Waals surface area contributed by atoms with Crippen LogP contribution in [-0.4, -0.2) is 0 Å². The Kier molecular flexibility index (Phi) is 2.98. The van der Waals surface area contributed by atoms with Crippen LogP contribution in [0.2, 0.25) is 0 Å². The molecule has 0 unspecified atom stereocenters. The summed E-state index contributed by atoms with van der Waals surface area (Å²) in [6.45, 7) is 0. The Morgan fingerprint density at radius 1 is 0.944 bits per heavy atom. The molecule has 0 aliphatic heterocycles. The number of nitrogens with two attached hydrogens (primary N) is 1. The second-order valence-corrected chi connectivity index (χ2v) is 3.78. The van der Waals surface area contributed by atoms with Crippen LogP contribution in [0.3, 0.4) is 0 Å². The second-order valence-electron chi connectivity index (χ2n) is 3.78. The van der Waals surface area contributed by atoms with Crippen LogP contribution >= 0.6 is 0 Å². The van der Waals surface area contributed by atoms with E-state index >= 15 is 0 Å². The molecule has 0 fully saturated rings. The van der Waals surface area contributed by atoms with Crippen LogP contribution in [0.1, 0.15) is 5.56 Å². The van der Waals surface area contributed by atoms with Gasteiger partial charge in [0.05, 0.1) is 11.3 Å². The lowest BCUT2D eigenvalue weighted by atomic mass is 9.99. The third-order valence-electron chi connectivity index (χ3n) is 2.54. The highest BCUT2D eigenvalue weighted by Crippen LogP contribution is 2.37. The normalized spacial score (nSPS) is 11.6. The van der Waals surface area contributed by atoms with Gasteiger partial charge in [0.2, 0.25) is 0 Å². The van der Waals surface area contributed by atoms with E-state index in [1.807, 2.05) is 0 Å². The molecule has 2 rings (SSSR count). The van der Waals surface area contributed by atoms with E-state index in [9.17, 15) is 17.6 Å². The molecule has 1 nitrogen and oxygen atoms in total. The molecule has 0 aromatic heterocycles. The molecule has 0 aliphatic rings. The van der Waals surface area contributed by atoms with Crippen molar-refractivity contribution < 1.29 is 17.6 Å². The summed E-state index contributed by atoms with van der Waals surface area (Å²) in [6.07, 6.45) is -4.48. The molecular formula is C13H9F4N. The summed E-state index contributed by atoms with van der Waals surface area (Å²) < 4.78 is 51.7. The SMILES string of the molecule is Nc1ccc(-c2ccccc2C(F)(F)F)cc1F. The van der Waals surface area contributed by atoms with E-state index < -0.39 is 17.6 Å². The van der Waals surface area contributed by atoms with Crippen LogP contribution in [0.15, 0.2) is 42.5 Å². The number of halogens is 4. The van der Waals surface area contributed by atoms with E-state index in [-0.39, 0.29) is 16.8 Å². The molecule has 0 radical (unpaired) electrons. The number of anilines is 1. The van der Waals surface area contributed by atoms with Gasteiger partial charge in [-0.1, -0.05) is 24.3 Å². The van der Waals surface area contributed by atoms with Crippen LogP contribution in [0.4, 0.5) is 23.2 Å². The Morgan fingerprint density at radius 3 is 2.22 bits per heavy atom. The maximum atomic E-state index is 13.3. The summed E-state index contributed by atoms with van der Waals surface area (Å²) in [4.78, 5) is 0. The van der Waals surface area contributed by atoms with Crippen molar-refractivity contribution in [3.05, 3.63) is 53.8 Å². The predicted octanol–water partition coefficient (Wildman–Crippen LogP) is 4.09. The summed E-state index contributed by atoms with van der Waals surface area (Å²) in [6, 6.07) is 8.64. The number of benzene rings is 2. The summed E-state index contributed by atoms with van der Waals surface area (Å²) in [5.74, 6) is -0.732. The van der Waals surface area contributed by atoms with Crippen molar-refractivity contribution in [3.63, 3.8) is 0 Å². The van der Waals surface area contributed by atoms with Crippen LogP contribution in [0, 0.1) is 5.82 Å². The number of nitrogen functional groups attached to an aromatic ring is 1. The molecule has 2 aromatic rings. The monoisotopic (exact) mass is 255 g/mol. The topological polar surface area (TPSA) is 26.0 Å². The number of rotatable bonds is 1. The smallest absolute Gasteiger partial charge is 0.396 e. The van der Waals surface area contributed by atoms with Gasteiger partial charge in [0.25, 0.3) is 0 Å². The lowest BCUT2D eigenvalue weighted by Crippen LogP contribution is -2.07. The second kappa shape index (κ2) is 4.33.